The predicted molar refractivity (Wildman–Crippen MR) is 52.0 cm³/mol. The Balaban J connectivity index is 4.07. The van der Waals surface area contributed by atoms with Gasteiger partial charge in [-0.2, -0.15) is 0 Å². The molecule has 0 spiro atoms. The standard InChI is InChI=1S/C9H21NO3/c1-5-13-8-9(10-2,6-11-3)7-12-4/h10H,5-8H2,1-4H3. The molecule has 4 heteroatoms. The van der Waals surface area contributed by atoms with Gasteiger partial charge in [-0.3, -0.25) is 0 Å². The van der Waals surface area contributed by atoms with Gasteiger partial charge in [-0.1, -0.05) is 0 Å². The van der Waals surface area contributed by atoms with Gasteiger partial charge in [-0.15, -0.1) is 0 Å². The molecule has 0 bridgehead atoms. The van der Waals surface area contributed by atoms with E-state index >= 15 is 0 Å². The molecule has 0 unspecified atom stereocenters. The quantitative estimate of drug-likeness (QED) is 0.598. The molecule has 0 aliphatic heterocycles. The van der Waals surface area contributed by atoms with Crippen LogP contribution >= 0.6 is 0 Å². The van der Waals surface area contributed by atoms with Crippen molar-refractivity contribution in [3.63, 3.8) is 0 Å². The first-order chi connectivity index (χ1) is 6.24. The molecule has 0 aliphatic rings. The Labute approximate surface area is 80.5 Å². The lowest BCUT2D eigenvalue weighted by molar-refractivity contribution is -0.0123. The Hall–Kier alpha value is -0.160. The van der Waals surface area contributed by atoms with Gasteiger partial charge < -0.3 is 19.5 Å². The van der Waals surface area contributed by atoms with E-state index in [0.29, 0.717) is 26.4 Å². The van der Waals surface area contributed by atoms with Crippen molar-refractivity contribution in [1.29, 1.82) is 0 Å². The molecule has 13 heavy (non-hydrogen) atoms. The van der Waals surface area contributed by atoms with E-state index in [0.717, 1.165) is 0 Å². The van der Waals surface area contributed by atoms with E-state index in [1.165, 1.54) is 0 Å². The summed E-state index contributed by atoms with van der Waals surface area (Å²) in [7, 11) is 5.23. The molecule has 0 atom stereocenters. The van der Waals surface area contributed by atoms with E-state index in [1.54, 1.807) is 14.2 Å². The van der Waals surface area contributed by atoms with Crippen LogP contribution in [0, 0.1) is 0 Å². The van der Waals surface area contributed by atoms with Crippen LogP contribution in [0.5, 0.6) is 0 Å². The molecule has 0 saturated heterocycles. The molecule has 0 fully saturated rings. The smallest absolute Gasteiger partial charge is 0.0887 e. The van der Waals surface area contributed by atoms with Crippen molar-refractivity contribution in [2.75, 3.05) is 47.7 Å². The fourth-order valence-corrected chi connectivity index (χ4v) is 1.19. The van der Waals surface area contributed by atoms with Crippen LogP contribution in [-0.4, -0.2) is 53.2 Å². The van der Waals surface area contributed by atoms with E-state index in [4.69, 9.17) is 14.2 Å². The zero-order chi connectivity index (χ0) is 10.2. The second-order valence-electron chi connectivity index (χ2n) is 3.03. The summed E-state index contributed by atoms with van der Waals surface area (Å²) in [6.45, 7) is 4.44. The topological polar surface area (TPSA) is 39.7 Å². The summed E-state index contributed by atoms with van der Waals surface area (Å²) >= 11 is 0. The van der Waals surface area contributed by atoms with Gasteiger partial charge in [0.15, 0.2) is 0 Å². The van der Waals surface area contributed by atoms with Crippen molar-refractivity contribution >= 4 is 0 Å². The molecular formula is C9H21NO3. The molecule has 0 aromatic heterocycles. The van der Waals surface area contributed by atoms with Crippen LogP contribution in [0.3, 0.4) is 0 Å². The van der Waals surface area contributed by atoms with Gasteiger partial charge in [0.05, 0.1) is 25.4 Å². The van der Waals surface area contributed by atoms with E-state index in [1.807, 2.05) is 14.0 Å². The van der Waals surface area contributed by atoms with Crippen molar-refractivity contribution < 1.29 is 14.2 Å². The Bertz CT molecular complexity index is 113. The first kappa shape index (κ1) is 12.8. The third-order valence-electron chi connectivity index (χ3n) is 1.95. The lowest BCUT2D eigenvalue weighted by Crippen LogP contribution is -2.54. The first-order valence-electron chi connectivity index (χ1n) is 4.49. The van der Waals surface area contributed by atoms with Crippen molar-refractivity contribution in [1.82, 2.24) is 5.32 Å². The second kappa shape index (κ2) is 7.26. The number of ether oxygens (including phenoxy) is 3. The SMILES string of the molecule is CCOCC(COC)(COC)NC. The van der Waals surface area contributed by atoms with Crippen molar-refractivity contribution in [3.05, 3.63) is 0 Å². The van der Waals surface area contributed by atoms with Gasteiger partial charge in [-0.05, 0) is 14.0 Å². The van der Waals surface area contributed by atoms with Crippen LogP contribution in [0.2, 0.25) is 0 Å². The summed E-state index contributed by atoms with van der Waals surface area (Å²) in [6.07, 6.45) is 0. The van der Waals surface area contributed by atoms with Crippen LogP contribution in [0.4, 0.5) is 0 Å². The summed E-state index contributed by atoms with van der Waals surface area (Å²) < 4.78 is 15.6. The summed E-state index contributed by atoms with van der Waals surface area (Å²) in [5.74, 6) is 0. The number of rotatable bonds is 8. The fraction of sp³-hybridized carbons (Fsp3) is 1.00. The average molecular weight is 191 g/mol. The van der Waals surface area contributed by atoms with Gasteiger partial charge in [0.1, 0.15) is 0 Å². The molecule has 0 saturated carbocycles. The minimum Gasteiger partial charge on any atom is -0.383 e. The lowest BCUT2D eigenvalue weighted by atomic mass is 10.0. The molecular weight excluding hydrogens is 170 g/mol. The van der Waals surface area contributed by atoms with Gasteiger partial charge in [-0.25, -0.2) is 0 Å². The second-order valence-corrected chi connectivity index (χ2v) is 3.03. The Morgan fingerprint density at radius 2 is 1.62 bits per heavy atom. The minimum absolute atomic E-state index is 0.223. The Morgan fingerprint density at radius 3 is 1.92 bits per heavy atom. The van der Waals surface area contributed by atoms with Gasteiger partial charge >= 0.3 is 0 Å². The average Bonchev–Trinajstić information content (AvgIpc) is 2.15. The van der Waals surface area contributed by atoms with Crippen LogP contribution in [0.15, 0.2) is 0 Å². The maximum Gasteiger partial charge on any atom is 0.0887 e. The Kier molecular flexibility index (Phi) is 7.17. The zero-order valence-electron chi connectivity index (χ0n) is 9.05. The van der Waals surface area contributed by atoms with Crippen LogP contribution < -0.4 is 5.32 Å². The summed E-state index contributed by atoms with van der Waals surface area (Å²) in [5.41, 5.74) is -0.223. The third-order valence-corrected chi connectivity index (χ3v) is 1.95. The molecule has 0 radical (unpaired) electrons. The summed E-state index contributed by atoms with van der Waals surface area (Å²) in [4.78, 5) is 0. The van der Waals surface area contributed by atoms with Crippen molar-refractivity contribution in [2.24, 2.45) is 0 Å². The van der Waals surface area contributed by atoms with Gasteiger partial charge in [0.2, 0.25) is 0 Å². The highest BCUT2D eigenvalue weighted by molar-refractivity contribution is 4.86. The number of methoxy groups -OCH3 is 2. The van der Waals surface area contributed by atoms with E-state index < -0.39 is 0 Å². The number of hydrogen-bond acceptors (Lipinski definition) is 4. The maximum atomic E-state index is 5.37. The largest absolute Gasteiger partial charge is 0.383 e. The molecule has 80 valence electrons. The van der Waals surface area contributed by atoms with E-state index in [2.05, 4.69) is 5.32 Å². The van der Waals surface area contributed by atoms with Crippen LogP contribution in [0.1, 0.15) is 6.92 Å². The normalized spacial score (nSPS) is 12.0. The molecule has 0 aromatic rings. The third kappa shape index (κ3) is 4.57. The Morgan fingerprint density at radius 1 is 1.08 bits per heavy atom. The highest BCUT2D eigenvalue weighted by Gasteiger charge is 2.28. The van der Waals surface area contributed by atoms with Crippen molar-refractivity contribution in [2.45, 2.75) is 12.5 Å². The molecule has 4 nitrogen and oxygen atoms in total. The van der Waals surface area contributed by atoms with E-state index in [9.17, 15) is 0 Å². The molecule has 0 aromatic carbocycles. The molecule has 1 N–H and O–H groups in total. The molecule has 0 rings (SSSR count). The monoisotopic (exact) mass is 191 g/mol. The van der Waals surface area contributed by atoms with E-state index in [-0.39, 0.29) is 5.54 Å². The number of nitrogens with one attached hydrogen (secondary N) is 1. The lowest BCUT2D eigenvalue weighted by Gasteiger charge is -2.31. The summed E-state index contributed by atoms with van der Waals surface area (Å²) in [6, 6.07) is 0. The van der Waals surface area contributed by atoms with Crippen LogP contribution in [-0.2, 0) is 14.2 Å². The van der Waals surface area contributed by atoms with Crippen molar-refractivity contribution in [3.8, 4) is 0 Å². The predicted octanol–water partition coefficient (Wildman–Crippen LogP) is 0.274. The minimum atomic E-state index is -0.223. The number of hydrogen-bond donors (Lipinski definition) is 1. The highest BCUT2D eigenvalue weighted by atomic mass is 16.5. The first-order valence-corrected chi connectivity index (χ1v) is 4.49. The molecule has 0 aliphatic carbocycles. The molecule has 0 heterocycles. The van der Waals surface area contributed by atoms with Crippen LogP contribution in [0.25, 0.3) is 0 Å². The maximum absolute atomic E-state index is 5.37. The van der Waals surface area contributed by atoms with Gasteiger partial charge in [0, 0.05) is 20.8 Å². The summed E-state index contributed by atoms with van der Waals surface area (Å²) in [5, 5.41) is 3.18. The fourth-order valence-electron chi connectivity index (χ4n) is 1.19. The highest BCUT2D eigenvalue weighted by Crippen LogP contribution is 2.06. The number of likely N-dealkylation sites (N-methyl/N-ethyl adjacent to an activating group) is 1. The zero-order valence-corrected chi connectivity index (χ0v) is 9.05. The molecule has 0 amide bonds. The van der Waals surface area contributed by atoms with Gasteiger partial charge in [0.25, 0.3) is 0 Å².